The van der Waals surface area contributed by atoms with Crippen LogP contribution in [0.15, 0.2) is 22.1 Å². The van der Waals surface area contributed by atoms with E-state index in [-0.39, 0.29) is 18.2 Å². The first-order valence-electron chi connectivity index (χ1n) is 9.38. The average molecular weight is 388 g/mol. The van der Waals surface area contributed by atoms with Gasteiger partial charge in [-0.1, -0.05) is 0 Å². The van der Waals surface area contributed by atoms with E-state index in [4.69, 9.17) is 4.42 Å². The Labute approximate surface area is 162 Å². The highest BCUT2D eigenvalue weighted by Crippen LogP contribution is 2.30. The average Bonchev–Trinajstić information content (AvgIpc) is 3.18. The van der Waals surface area contributed by atoms with Crippen LogP contribution in [0.2, 0.25) is 0 Å². The van der Waals surface area contributed by atoms with E-state index in [1.54, 1.807) is 13.0 Å². The van der Waals surface area contributed by atoms with E-state index in [9.17, 15) is 9.59 Å². The Balaban J connectivity index is 1.27. The molecule has 2 aromatic heterocycles. The number of rotatable bonds is 6. The summed E-state index contributed by atoms with van der Waals surface area (Å²) < 4.78 is 5.15. The minimum absolute atomic E-state index is 0.106. The summed E-state index contributed by atoms with van der Waals surface area (Å²) in [6.07, 6.45) is 4.49. The highest BCUT2D eigenvalue weighted by atomic mass is 32.1. The molecule has 2 aliphatic rings. The van der Waals surface area contributed by atoms with Crippen LogP contribution in [-0.4, -0.2) is 59.3 Å². The molecular weight excluding hydrogens is 364 g/mol. The third kappa shape index (κ3) is 4.56. The van der Waals surface area contributed by atoms with Crippen molar-refractivity contribution in [2.75, 3.05) is 38.0 Å². The predicted octanol–water partition coefficient (Wildman–Crippen LogP) is 2.39. The maximum absolute atomic E-state index is 12.5. The maximum atomic E-state index is 12.5. The molecule has 7 nitrogen and oxygen atoms in total. The fourth-order valence-electron chi connectivity index (χ4n) is 3.34. The van der Waals surface area contributed by atoms with Gasteiger partial charge in [-0.2, -0.15) is 0 Å². The molecule has 0 bridgehead atoms. The van der Waals surface area contributed by atoms with E-state index in [1.165, 1.54) is 37.0 Å². The van der Waals surface area contributed by atoms with Crippen LogP contribution in [0.25, 0.3) is 0 Å². The van der Waals surface area contributed by atoms with Gasteiger partial charge in [-0.3, -0.25) is 19.8 Å². The Morgan fingerprint density at radius 1 is 1.30 bits per heavy atom. The summed E-state index contributed by atoms with van der Waals surface area (Å²) in [4.78, 5) is 33.5. The van der Waals surface area contributed by atoms with Crippen molar-refractivity contribution in [1.29, 1.82) is 0 Å². The number of anilines is 1. The Morgan fingerprint density at radius 3 is 2.74 bits per heavy atom. The van der Waals surface area contributed by atoms with E-state index < -0.39 is 0 Å². The van der Waals surface area contributed by atoms with Gasteiger partial charge >= 0.3 is 0 Å². The van der Waals surface area contributed by atoms with Crippen LogP contribution in [0.5, 0.6) is 0 Å². The first kappa shape index (κ1) is 18.2. The lowest BCUT2D eigenvalue weighted by Crippen LogP contribution is -2.49. The van der Waals surface area contributed by atoms with Crippen molar-refractivity contribution in [2.24, 2.45) is 5.92 Å². The molecule has 1 N–H and O–H groups in total. The number of amides is 2. The minimum Gasteiger partial charge on any atom is -0.469 e. The number of furan rings is 1. The fraction of sp³-hybridized carbons (Fsp3) is 0.526. The second-order valence-electron chi connectivity index (χ2n) is 7.29. The molecule has 8 heteroatoms. The number of hydrogen-bond donors (Lipinski definition) is 1. The molecule has 1 saturated heterocycles. The normalized spacial score (nSPS) is 17.9. The number of nitrogens with one attached hydrogen (secondary N) is 1. The summed E-state index contributed by atoms with van der Waals surface area (Å²) >= 11 is 1.33. The van der Waals surface area contributed by atoms with Crippen molar-refractivity contribution in [3.05, 3.63) is 34.7 Å². The molecule has 0 radical (unpaired) electrons. The van der Waals surface area contributed by atoms with Crippen molar-refractivity contribution in [3.8, 4) is 0 Å². The highest BCUT2D eigenvalue weighted by molar-refractivity contribution is 7.14. The molecule has 4 rings (SSSR count). The number of aromatic nitrogens is 1. The molecule has 27 heavy (non-hydrogen) atoms. The first-order valence-corrected chi connectivity index (χ1v) is 10.3. The Kier molecular flexibility index (Phi) is 5.27. The maximum Gasteiger partial charge on any atom is 0.260 e. The zero-order valence-corrected chi connectivity index (χ0v) is 16.3. The van der Waals surface area contributed by atoms with Gasteiger partial charge in [-0.25, -0.2) is 4.98 Å². The standard InChI is InChI=1S/C19H24N4O3S/c1-13-16(4-9-26-13)18(25)21-19-20-15(12-27-19)10-17(24)23-7-5-22(6-8-23)11-14-2-3-14/h4,9,12,14H,2-3,5-8,10-11H2,1H3,(H,20,21,25). The molecule has 1 saturated carbocycles. The van der Waals surface area contributed by atoms with Crippen LogP contribution in [0.3, 0.4) is 0 Å². The second kappa shape index (κ2) is 7.82. The Bertz CT molecular complexity index is 819. The molecule has 0 unspecified atom stereocenters. The van der Waals surface area contributed by atoms with Gasteiger partial charge in [0.2, 0.25) is 5.91 Å². The molecular formula is C19H24N4O3S. The molecule has 144 valence electrons. The number of carbonyl (C=O) groups excluding carboxylic acids is 2. The van der Waals surface area contributed by atoms with Crippen molar-refractivity contribution in [2.45, 2.75) is 26.2 Å². The van der Waals surface area contributed by atoms with Crippen molar-refractivity contribution in [3.63, 3.8) is 0 Å². The number of hydrogen-bond acceptors (Lipinski definition) is 6. The number of nitrogens with zero attached hydrogens (tertiary/aromatic N) is 3. The van der Waals surface area contributed by atoms with Crippen molar-refractivity contribution in [1.82, 2.24) is 14.8 Å². The lowest BCUT2D eigenvalue weighted by atomic mass is 10.2. The Morgan fingerprint density at radius 2 is 2.07 bits per heavy atom. The van der Waals surface area contributed by atoms with Crippen LogP contribution in [0, 0.1) is 12.8 Å². The van der Waals surface area contributed by atoms with Crippen molar-refractivity contribution >= 4 is 28.3 Å². The van der Waals surface area contributed by atoms with Gasteiger partial charge in [-0.15, -0.1) is 11.3 Å². The number of carbonyl (C=O) groups is 2. The highest BCUT2D eigenvalue weighted by Gasteiger charge is 2.27. The molecule has 2 aromatic rings. The van der Waals surface area contributed by atoms with Crippen molar-refractivity contribution < 1.29 is 14.0 Å². The molecule has 0 aromatic carbocycles. The molecule has 1 aliphatic heterocycles. The van der Waals surface area contributed by atoms with Gasteiger partial charge in [0.05, 0.1) is 23.9 Å². The number of thiazole rings is 1. The fourth-order valence-corrected chi connectivity index (χ4v) is 4.05. The molecule has 2 fully saturated rings. The van der Waals surface area contributed by atoms with E-state index in [2.05, 4.69) is 15.2 Å². The summed E-state index contributed by atoms with van der Waals surface area (Å²) in [6.45, 7) is 6.44. The Hall–Kier alpha value is -2.19. The van der Waals surface area contributed by atoms with Crippen LogP contribution in [0.1, 0.15) is 34.7 Å². The van der Waals surface area contributed by atoms with Crippen LogP contribution in [0.4, 0.5) is 5.13 Å². The lowest BCUT2D eigenvalue weighted by Gasteiger charge is -2.34. The number of piperazine rings is 1. The van der Waals surface area contributed by atoms with Gasteiger partial charge in [0.1, 0.15) is 5.76 Å². The molecule has 1 aliphatic carbocycles. The van der Waals surface area contributed by atoms with Gasteiger partial charge in [-0.05, 0) is 31.7 Å². The van der Waals surface area contributed by atoms with E-state index in [0.717, 1.165) is 32.1 Å². The van der Waals surface area contributed by atoms with Gasteiger partial charge < -0.3 is 9.32 Å². The summed E-state index contributed by atoms with van der Waals surface area (Å²) in [5, 5.41) is 5.10. The lowest BCUT2D eigenvalue weighted by molar-refractivity contribution is -0.132. The first-order chi connectivity index (χ1) is 13.1. The van der Waals surface area contributed by atoms with Crippen LogP contribution in [-0.2, 0) is 11.2 Å². The van der Waals surface area contributed by atoms with E-state index in [1.807, 2.05) is 10.3 Å². The second-order valence-corrected chi connectivity index (χ2v) is 8.15. The van der Waals surface area contributed by atoms with E-state index in [0.29, 0.717) is 22.1 Å². The third-order valence-corrected chi connectivity index (χ3v) is 5.95. The zero-order chi connectivity index (χ0) is 18.8. The summed E-state index contributed by atoms with van der Waals surface area (Å²) in [6, 6.07) is 1.63. The summed E-state index contributed by atoms with van der Waals surface area (Å²) in [5.41, 5.74) is 1.19. The van der Waals surface area contributed by atoms with Gasteiger partial charge in [0.25, 0.3) is 5.91 Å². The topological polar surface area (TPSA) is 78.7 Å². The quantitative estimate of drug-likeness (QED) is 0.822. The summed E-state index contributed by atoms with van der Waals surface area (Å²) in [7, 11) is 0. The number of aryl methyl sites for hydroxylation is 1. The van der Waals surface area contributed by atoms with E-state index >= 15 is 0 Å². The minimum atomic E-state index is -0.250. The predicted molar refractivity (Wildman–Crippen MR) is 103 cm³/mol. The van der Waals surface area contributed by atoms with Crippen LogP contribution < -0.4 is 5.32 Å². The van der Waals surface area contributed by atoms with Gasteiger partial charge in [0.15, 0.2) is 5.13 Å². The molecule has 2 amide bonds. The molecule has 3 heterocycles. The zero-order valence-electron chi connectivity index (χ0n) is 15.4. The third-order valence-electron chi connectivity index (χ3n) is 5.15. The largest absolute Gasteiger partial charge is 0.469 e. The summed E-state index contributed by atoms with van der Waals surface area (Å²) in [5.74, 6) is 1.32. The smallest absolute Gasteiger partial charge is 0.260 e. The van der Waals surface area contributed by atoms with Gasteiger partial charge in [0, 0.05) is 38.1 Å². The molecule has 0 spiro atoms. The van der Waals surface area contributed by atoms with Crippen LogP contribution >= 0.6 is 11.3 Å². The molecule has 0 atom stereocenters. The SMILES string of the molecule is Cc1occc1C(=O)Nc1nc(CC(=O)N2CCN(CC3CC3)CC2)cs1. The monoisotopic (exact) mass is 388 g/mol.